The molecule has 1 aromatic carbocycles. The van der Waals surface area contributed by atoms with Crippen molar-refractivity contribution in [3.8, 4) is 0 Å². The fraction of sp³-hybridized carbons (Fsp3) is 0.353. The number of aromatic nitrogens is 1. The zero-order chi connectivity index (χ0) is 16.7. The Morgan fingerprint density at radius 3 is 2.74 bits per heavy atom. The number of carbonyl (C=O) groups is 2. The second-order valence-corrected chi connectivity index (χ2v) is 5.22. The number of fused-ring (bicyclic) bond motifs is 1. The maximum Gasteiger partial charge on any atom is 0.305 e. The van der Waals surface area contributed by atoms with E-state index in [1.54, 1.807) is 18.2 Å². The maximum absolute atomic E-state index is 12.3. The molecule has 0 bridgehead atoms. The second kappa shape index (κ2) is 8.12. The molecule has 0 saturated carbocycles. The van der Waals surface area contributed by atoms with Crippen LogP contribution in [0.5, 0.6) is 0 Å². The van der Waals surface area contributed by atoms with Crippen LogP contribution in [0, 0.1) is 0 Å². The molecular formula is C17H20N2O4. The van der Waals surface area contributed by atoms with Gasteiger partial charge in [0.2, 0.25) is 5.43 Å². The highest BCUT2D eigenvalue weighted by Gasteiger charge is 2.12. The number of rotatable bonds is 7. The van der Waals surface area contributed by atoms with Gasteiger partial charge in [-0.05, 0) is 25.0 Å². The molecule has 1 aromatic heterocycles. The SMILES string of the molecule is COC(=O)CCCCCNC(=O)c1c[nH]c2ccccc2c1=O. The smallest absolute Gasteiger partial charge is 0.305 e. The van der Waals surface area contributed by atoms with Gasteiger partial charge in [-0.2, -0.15) is 0 Å². The first kappa shape index (κ1) is 16.7. The van der Waals surface area contributed by atoms with Crippen LogP contribution in [-0.4, -0.2) is 30.5 Å². The van der Waals surface area contributed by atoms with Crippen molar-refractivity contribution in [1.29, 1.82) is 0 Å². The monoisotopic (exact) mass is 316 g/mol. The highest BCUT2D eigenvalue weighted by Crippen LogP contribution is 2.07. The van der Waals surface area contributed by atoms with Gasteiger partial charge in [-0.15, -0.1) is 0 Å². The number of ether oxygens (including phenoxy) is 1. The van der Waals surface area contributed by atoms with E-state index in [1.807, 2.05) is 6.07 Å². The molecule has 23 heavy (non-hydrogen) atoms. The quantitative estimate of drug-likeness (QED) is 0.604. The average molecular weight is 316 g/mol. The molecule has 6 nitrogen and oxygen atoms in total. The standard InChI is InChI=1S/C17H20N2O4/c1-23-15(20)9-3-2-6-10-18-17(22)13-11-19-14-8-5-4-7-12(14)16(13)21/h4-5,7-8,11H,2-3,6,9-10H2,1H3,(H,18,22)(H,19,21). The number of esters is 1. The van der Waals surface area contributed by atoms with Crippen LogP contribution in [0.4, 0.5) is 0 Å². The number of carbonyl (C=O) groups excluding carboxylic acids is 2. The van der Waals surface area contributed by atoms with Gasteiger partial charge < -0.3 is 15.0 Å². The lowest BCUT2D eigenvalue weighted by molar-refractivity contribution is -0.140. The molecule has 0 aliphatic carbocycles. The molecular weight excluding hydrogens is 296 g/mol. The molecule has 0 aliphatic heterocycles. The number of benzene rings is 1. The van der Waals surface area contributed by atoms with E-state index in [0.717, 1.165) is 19.3 Å². The van der Waals surface area contributed by atoms with Crippen molar-refractivity contribution in [2.75, 3.05) is 13.7 Å². The largest absolute Gasteiger partial charge is 0.469 e. The minimum Gasteiger partial charge on any atom is -0.469 e. The summed E-state index contributed by atoms with van der Waals surface area (Å²) in [5, 5.41) is 3.23. The fourth-order valence-electron chi connectivity index (χ4n) is 2.31. The summed E-state index contributed by atoms with van der Waals surface area (Å²) < 4.78 is 4.55. The van der Waals surface area contributed by atoms with Crippen LogP contribution in [0.1, 0.15) is 36.0 Å². The van der Waals surface area contributed by atoms with E-state index in [0.29, 0.717) is 23.9 Å². The Kier molecular flexibility index (Phi) is 5.91. The first-order chi connectivity index (χ1) is 11.1. The number of nitrogens with one attached hydrogen (secondary N) is 2. The molecule has 0 spiro atoms. The van der Waals surface area contributed by atoms with Gasteiger partial charge >= 0.3 is 5.97 Å². The zero-order valence-electron chi connectivity index (χ0n) is 13.1. The van der Waals surface area contributed by atoms with Crippen LogP contribution >= 0.6 is 0 Å². The topological polar surface area (TPSA) is 88.3 Å². The molecule has 1 heterocycles. The number of methoxy groups -OCH3 is 1. The zero-order valence-corrected chi connectivity index (χ0v) is 13.1. The summed E-state index contributed by atoms with van der Waals surface area (Å²) in [6.45, 7) is 0.465. The number of aromatic amines is 1. The minimum atomic E-state index is -0.384. The number of amides is 1. The molecule has 2 N–H and O–H groups in total. The molecule has 0 fully saturated rings. The van der Waals surface area contributed by atoms with Crippen LogP contribution in [0.2, 0.25) is 0 Å². The van der Waals surface area contributed by atoms with Crippen molar-refractivity contribution in [3.63, 3.8) is 0 Å². The Labute approximate surface area is 133 Å². The van der Waals surface area contributed by atoms with Gasteiger partial charge in [-0.25, -0.2) is 0 Å². The summed E-state index contributed by atoms with van der Waals surface area (Å²) in [6.07, 6.45) is 4.10. The van der Waals surface area contributed by atoms with Crippen molar-refractivity contribution < 1.29 is 14.3 Å². The molecule has 2 aromatic rings. The number of hydrogen-bond acceptors (Lipinski definition) is 4. The third kappa shape index (κ3) is 4.42. The molecule has 0 radical (unpaired) electrons. The number of para-hydroxylation sites is 1. The third-order valence-corrected chi connectivity index (χ3v) is 3.60. The summed E-state index contributed by atoms with van der Waals surface area (Å²) in [4.78, 5) is 38.3. The average Bonchev–Trinajstić information content (AvgIpc) is 2.58. The van der Waals surface area contributed by atoms with Gasteiger partial charge in [0.25, 0.3) is 5.91 Å². The molecule has 2 rings (SSSR count). The molecule has 0 atom stereocenters. The van der Waals surface area contributed by atoms with Gasteiger partial charge in [0.1, 0.15) is 5.56 Å². The molecule has 6 heteroatoms. The second-order valence-electron chi connectivity index (χ2n) is 5.22. The summed E-state index contributed by atoms with van der Waals surface area (Å²) in [5.41, 5.74) is 0.540. The maximum atomic E-state index is 12.3. The normalized spacial score (nSPS) is 10.5. The van der Waals surface area contributed by atoms with Gasteiger partial charge in [0.05, 0.1) is 7.11 Å². The van der Waals surface area contributed by atoms with Gasteiger partial charge in [0.15, 0.2) is 0 Å². The number of H-pyrrole nitrogens is 1. The molecule has 122 valence electrons. The van der Waals surface area contributed by atoms with E-state index in [1.165, 1.54) is 13.3 Å². The highest BCUT2D eigenvalue weighted by molar-refractivity contribution is 5.97. The van der Waals surface area contributed by atoms with Crippen LogP contribution in [0.15, 0.2) is 35.3 Å². The lowest BCUT2D eigenvalue weighted by atomic mass is 10.1. The predicted octanol–water partition coefficient (Wildman–Crippen LogP) is 1.99. The molecule has 0 unspecified atom stereocenters. The van der Waals surface area contributed by atoms with Crippen molar-refractivity contribution in [2.24, 2.45) is 0 Å². The van der Waals surface area contributed by atoms with E-state index < -0.39 is 0 Å². The molecule has 0 saturated heterocycles. The Hall–Kier alpha value is -2.63. The van der Waals surface area contributed by atoms with E-state index in [2.05, 4.69) is 15.0 Å². The van der Waals surface area contributed by atoms with E-state index in [-0.39, 0.29) is 22.9 Å². The Bertz CT molecular complexity index is 752. The molecule has 1 amide bonds. The van der Waals surface area contributed by atoms with Crippen molar-refractivity contribution >= 4 is 22.8 Å². The summed E-state index contributed by atoms with van der Waals surface area (Å²) >= 11 is 0. The van der Waals surface area contributed by atoms with Crippen molar-refractivity contribution in [3.05, 3.63) is 46.2 Å². The van der Waals surface area contributed by atoms with Crippen LogP contribution in [-0.2, 0) is 9.53 Å². The number of unbranched alkanes of at least 4 members (excludes halogenated alkanes) is 2. The van der Waals surface area contributed by atoms with Gasteiger partial charge in [-0.3, -0.25) is 14.4 Å². The first-order valence-corrected chi connectivity index (χ1v) is 7.59. The Balaban J connectivity index is 1.86. The van der Waals surface area contributed by atoms with Crippen LogP contribution in [0.25, 0.3) is 10.9 Å². The van der Waals surface area contributed by atoms with Crippen LogP contribution < -0.4 is 10.7 Å². The summed E-state index contributed by atoms with van der Waals surface area (Å²) in [7, 11) is 1.36. The predicted molar refractivity (Wildman–Crippen MR) is 87.4 cm³/mol. The lowest BCUT2D eigenvalue weighted by Gasteiger charge is -2.06. The summed E-state index contributed by atoms with van der Waals surface area (Å²) in [6, 6.07) is 7.07. The van der Waals surface area contributed by atoms with Gasteiger partial charge in [-0.1, -0.05) is 18.6 Å². The first-order valence-electron chi connectivity index (χ1n) is 7.59. The van der Waals surface area contributed by atoms with Gasteiger partial charge in [0, 0.05) is 30.1 Å². The Morgan fingerprint density at radius 2 is 1.96 bits per heavy atom. The van der Waals surface area contributed by atoms with Crippen LogP contribution in [0.3, 0.4) is 0 Å². The lowest BCUT2D eigenvalue weighted by Crippen LogP contribution is -2.29. The van der Waals surface area contributed by atoms with Crippen molar-refractivity contribution in [2.45, 2.75) is 25.7 Å². The minimum absolute atomic E-state index is 0.110. The van der Waals surface area contributed by atoms with E-state index >= 15 is 0 Å². The summed E-state index contributed by atoms with van der Waals surface area (Å²) in [5.74, 6) is -0.610. The molecule has 0 aliphatic rings. The highest BCUT2D eigenvalue weighted by atomic mass is 16.5. The van der Waals surface area contributed by atoms with E-state index in [9.17, 15) is 14.4 Å². The number of pyridine rings is 1. The Morgan fingerprint density at radius 1 is 1.17 bits per heavy atom. The third-order valence-electron chi connectivity index (χ3n) is 3.60. The van der Waals surface area contributed by atoms with E-state index in [4.69, 9.17) is 0 Å². The van der Waals surface area contributed by atoms with Crippen molar-refractivity contribution in [1.82, 2.24) is 10.3 Å². The number of hydrogen-bond donors (Lipinski definition) is 2. The fourth-order valence-corrected chi connectivity index (χ4v) is 2.31.